The van der Waals surface area contributed by atoms with Gasteiger partial charge in [-0.2, -0.15) is 0 Å². The lowest BCUT2D eigenvalue weighted by Crippen LogP contribution is -2.02. The van der Waals surface area contributed by atoms with Gasteiger partial charge < -0.3 is 0 Å². The van der Waals surface area contributed by atoms with Crippen LogP contribution in [0.3, 0.4) is 0 Å². The van der Waals surface area contributed by atoms with Crippen LogP contribution in [0.2, 0.25) is 0 Å². The molecule has 1 heterocycles. The molecule has 11 heavy (non-hydrogen) atoms. The molecule has 1 fully saturated rings. The molecule has 0 saturated carbocycles. The monoisotopic (exact) mass is 172 g/mol. The van der Waals surface area contributed by atoms with E-state index in [-0.39, 0.29) is 0 Å². The van der Waals surface area contributed by atoms with Gasteiger partial charge in [0, 0.05) is 0 Å². The van der Waals surface area contributed by atoms with Gasteiger partial charge in [-0.1, -0.05) is 40.0 Å². The molecule has 0 amide bonds. The third kappa shape index (κ3) is 4.11. The Morgan fingerprint density at radius 1 is 1.27 bits per heavy atom. The summed E-state index contributed by atoms with van der Waals surface area (Å²) in [5.74, 6) is 1.94. The summed E-state index contributed by atoms with van der Waals surface area (Å²) in [5, 5.41) is 0. The van der Waals surface area contributed by atoms with E-state index in [4.69, 9.17) is 0 Å². The summed E-state index contributed by atoms with van der Waals surface area (Å²) in [6, 6.07) is 0. The Morgan fingerprint density at radius 3 is 2.36 bits per heavy atom. The van der Waals surface area contributed by atoms with Crippen LogP contribution in [0.4, 0.5) is 0 Å². The summed E-state index contributed by atoms with van der Waals surface area (Å²) in [6.45, 7) is 7.08. The Hall–Kier alpha value is 0.430. The van der Waals surface area contributed by atoms with Crippen molar-refractivity contribution in [1.29, 1.82) is 0 Å². The molecule has 0 aromatic rings. The van der Waals surface area contributed by atoms with Gasteiger partial charge >= 0.3 is 0 Å². The van der Waals surface area contributed by atoms with E-state index in [1.165, 1.54) is 27.8 Å². The number of rotatable bonds is 5. The maximum atomic E-state index is 2.44. The quantitative estimate of drug-likeness (QED) is 0.557. The SMILES string of the molecule is CC(C)CCCC(C)C1CP1. The van der Waals surface area contributed by atoms with Crippen molar-refractivity contribution in [3.63, 3.8) is 0 Å². The lowest BCUT2D eigenvalue weighted by atomic mass is 9.98. The third-order valence-electron chi connectivity index (χ3n) is 2.57. The second kappa shape index (κ2) is 4.45. The van der Waals surface area contributed by atoms with E-state index in [1.807, 2.05) is 0 Å². The summed E-state index contributed by atoms with van der Waals surface area (Å²) in [6.07, 6.45) is 5.92. The molecule has 1 rings (SSSR count). The van der Waals surface area contributed by atoms with Gasteiger partial charge in [0.25, 0.3) is 0 Å². The molecule has 0 aromatic carbocycles. The van der Waals surface area contributed by atoms with E-state index in [0.29, 0.717) is 0 Å². The molecule has 0 aliphatic carbocycles. The van der Waals surface area contributed by atoms with E-state index in [0.717, 1.165) is 17.5 Å². The van der Waals surface area contributed by atoms with Crippen LogP contribution in [-0.4, -0.2) is 11.8 Å². The van der Waals surface area contributed by atoms with Crippen molar-refractivity contribution in [2.24, 2.45) is 11.8 Å². The molecule has 1 aliphatic rings. The minimum atomic E-state index is 0.906. The Morgan fingerprint density at radius 2 is 1.91 bits per heavy atom. The Bertz CT molecular complexity index is 105. The molecule has 0 N–H and O–H groups in total. The van der Waals surface area contributed by atoms with Crippen LogP contribution < -0.4 is 0 Å². The van der Waals surface area contributed by atoms with Gasteiger partial charge in [0.15, 0.2) is 0 Å². The fourth-order valence-electron chi connectivity index (χ4n) is 1.52. The first-order valence-electron chi connectivity index (χ1n) is 4.93. The van der Waals surface area contributed by atoms with Crippen LogP contribution in [0.15, 0.2) is 0 Å². The van der Waals surface area contributed by atoms with Crippen LogP contribution in [0, 0.1) is 11.8 Å². The molecule has 0 nitrogen and oxygen atoms in total. The minimum Gasteiger partial charge on any atom is -0.118 e. The predicted octanol–water partition coefficient (Wildman–Crippen LogP) is 3.51. The fourth-order valence-corrected chi connectivity index (χ4v) is 2.63. The average Bonchev–Trinajstić information content (AvgIpc) is 2.66. The standard InChI is InChI=1S/C10H21P/c1-8(2)5-4-6-9(3)10-7-11-10/h8-11H,4-7H2,1-3H3. The van der Waals surface area contributed by atoms with E-state index in [2.05, 4.69) is 20.8 Å². The predicted molar refractivity (Wildman–Crippen MR) is 54.8 cm³/mol. The van der Waals surface area contributed by atoms with Crippen LogP contribution in [0.25, 0.3) is 0 Å². The lowest BCUT2D eigenvalue weighted by Gasteiger charge is -2.09. The van der Waals surface area contributed by atoms with Crippen LogP contribution in [0.1, 0.15) is 40.0 Å². The van der Waals surface area contributed by atoms with E-state index in [1.54, 1.807) is 6.16 Å². The molecule has 3 unspecified atom stereocenters. The van der Waals surface area contributed by atoms with Crippen molar-refractivity contribution in [3.05, 3.63) is 0 Å². The highest BCUT2D eigenvalue weighted by Crippen LogP contribution is 2.45. The zero-order valence-electron chi connectivity index (χ0n) is 8.06. The Kier molecular flexibility index (Phi) is 3.85. The molecular formula is C10H21P. The van der Waals surface area contributed by atoms with Gasteiger partial charge in [-0.15, -0.1) is 8.58 Å². The number of hydrogen-bond acceptors (Lipinski definition) is 0. The summed E-state index contributed by atoms with van der Waals surface area (Å²) < 4.78 is 0. The van der Waals surface area contributed by atoms with E-state index < -0.39 is 0 Å². The topological polar surface area (TPSA) is 0 Å². The molecular weight excluding hydrogens is 151 g/mol. The van der Waals surface area contributed by atoms with Gasteiger partial charge in [0.05, 0.1) is 0 Å². The molecule has 1 aliphatic heterocycles. The molecule has 66 valence electrons. The first-order chi connectivity index (χ1) is 5.20. The van der Waals surface area contributed by atoms with Crippen LogP contribution in [-0.2, 0) is 0 Å². The highest BCUT2D eigenvalue weighted by molar-refractivity contribution is 7.47. The Balaban J connectivity index is 1.93. The Labute approximate surface area is 72.9 Å². The van der Waals surface area contributed by atoms with Crippen LogP contribution in [0.5, 0.6) is 0 Å². The van der Waals surface area contributed by atoms with Gasteiger partial charge in [-0.3, -0.25) is 0 Å². The number of hydrogen-bond donors (Lipinski definition) is 0. The first kappa shape index (κ1) is 9.52. The fraction of sp³-hybridized carbons (Fsp3) is 1.00. The molecule has 0 spiro atoms. The maximum Gasteiger partial charge on any atom is -0.0174 e. The third-order valence-corrected chi connectivity index (χ3v) is 4.02. The highest BCUT2D eigenvalue weighted by atomic mass is 31.1. The molecule has 0 bridgehead atoms. The summed E-state index contributed by atoms with van der Waals surface area (Å²) >= 11 is 0. The smallest absolute Gasteiger partial charge is 0.0174 e. The largest absolute Gasteiger partial charge is 0.118 e. The molecule has 0 aromatic heterocycles. The van der Waals surface area contributed by atoms with E-state index in [9.17, 15) is 0 Å². The van der Waals surface area contributed by atoms with Gasteiger partial charge in [0.2, 0.25) is 0 Å². The van der Waals surface area contributed by atoms with Crippen molar-refractivity contribution in [3.8, 4) is 0 Å². The second-order valence-corrected chi connectivity index (χ2v) is 5.87. The normalized spacial score (nSPS) is 27.8. The molecule has 1 saturated heterocycles. The first-order valence-corrected chi connectivity index (χ1v) is 6.22. The lowest BCUT2D eigenvalue weighted by molar-refractivity contribution is 0.467. The highest BCUT2D eigenvalue weighted by Gasteiger charge is 2.26. The van der Waals surface area contributed by atoms with Crippen LogP contribution >= 0.6 is 8.58 Å². The van der Waals surface area contributed by atoms with E-state index >= 15 is 0 Å². The van der Waals surface area contributed by atoms with Gasteiger partial charge in [0.1, 0.15) is 0 Å². The summed E-state index contributed by atoms with van der Waals surface area (Å²) in [7, 11) is 1.31. The van der Waals surface area contributed by atoms with Crippen molar-refractivity contribution in [2.75, 3.05) is 6.16 Å². The average molecular weight is 172 g/mol. The second-order valence-electron chi connectivity index (χ2n) is 4.32. The zero-order valence-corrected chi connectivity index (χ0v) is 9.06. The zero-order chi connectivity index (χ0) is 8.27. The van der Waals surface area contributed by atoms with Crippen molar-refractivity contribution in [1.82, 2.24) is 0 Å². The molecule has 3 atom stereocenters. The van der Waals surface area contributed by atoms with Crippen molar-refractivity contribution >= 4 is 8.58 Å². The maximum absolute atomic E-state index is 2.44. The van der Waals surface area contributed by atoms with Gasteiger partial charge in [-0.05, 0) is 23.7 Å². The summed E-state index contributed by atoms with van der Waals surface area (Å²) in [4.78, 5) is 0. The summed E-state index contributed by atoms with van der Waals surface area (Å²) in [5.41, 5.74) is 1.14. The molecule has 1 heteroatoms. The molecule has 0 radical (unpaired) electrons. The minimum absolute atomic E-state index is 0.906. The van der Waals surface area contributed by atoms with Gasteiger partial charge in [-0.25, -0.2) is 0 Å². The van der Waals surface area contributed by atoms with Crippen molar-refractivity contribution in [2.45, 2.75) is 45.7 Å². The van der Waals surface area contributed by atoms with Crippen molar-refractivity contribution < 1.29 is 0 Å².